The molecular formula is C15H19N3S. The van der Waals surface area contributed by atoms with E-state index in [1.165, 1.54) is 23.3 Å². The van der Waals surface area contributed by atoms with Crippen LogP contribution in [0.5, 0.6) is 0 Å². The van der Waals surface area contributed by atoms with Crippen LogP contribution in [0, 0.1) is 0 Å². The number of pyridine rings is 1. The van der Waals surface area contributed by atoms with E-state index in [0.29, 0.717) is 12.6 Å². The van der Waals surface area contributed by atoms with Crippen molar-refractivity contribution in [3.63, 3.8) is 0 Å². The van der Waals surface area contributed by atoms with Crippen LogP contribution in [0.4, 0.5) is 5.82 Å². The average molecular weight is 273 g/mol. The van der Waals surface area contributed by atoms with Crippen LogP contribution in [0.25, 0.3) is 10.9 Å². The Balaban J connectivity index is 2.05. The molecule has 1 saturated heterocycles. The standard InChI is InChI=1S/C15H19N3S/c1-18(13-6-7-19-10-13)15-12(9-16)8-11-4-2-3-5-14(11)17-15/h2-5,8,13H,6-7,9-10,16H2,1H3. The number of para-hydroxylation sites is 1. The van der Waals surface area contributed by atoms with Crippen molar-refractivity contribution >= 4 is 28.5 Å². The molecule has 3 nitrogen and oxygen atoms in total. The molecule has 1 aromatic heterocycles. The second-order valence-corrected chi connectivity index (χ2v) is 6.15. The highest BCUT2D eigenvalue weighted by molar-refractivity contribution is 7.99. The van der Waals surface area contributed by atoms with Crippen LogP contribution in [-0.2, 0) is 6.54 Å². The molecule has 100 valence electrons. The predicted molar refractivity (Wildman–Crippen MR) is 83.8 cm³/mol. The summed E-state index contributed by atoms with van der Waals surface area (Å²) in [6.07, 6.45) is 1.24. The van der Waals surface area contributed by atoms with E-state index < -0.39 is 0 Å². The summed E-state index contributed by atoms with van der Waals surface area (Å²) in [6, 6.07) is 11.0. The van der Waals surface area contributed by atoms with E-state index in [0.717, 1.165) is 16.9 Å². The quantitative estimate of drug-likeness (QED) is 0.933. The lowest BCUT2D eigenvalue weighted by atomic mass is 10.1. The predicted octanol–water partition coefficient (Wildman–Crippen LogP) is 2.64. The zero-order valence-electron chi connectivity index (χ0n) is 11.2. The number of aromatic nitrogens is 1. The monoisotopic (exact) mass is 273 g/mol. The Morgan fingerprint density at radius 1 is 1.42 bits per heavy atom. The minimum Gasteiger partial charge on any atom is -0.356 e. The Labute approximate surface area is 118 Å². The number of rotatable bonds is 3. The molecule has 1 atom stereocenters. The minimum atomic E-state index is 0.539. The molecule has 2 N–H and O–H groups in total. The molecule has 0 radical (unpaired) electrons. The van der Waals surface area contributed by atoms with Crippen molar-refractivity contribution in [3.8, 4) is 0 Å². The number of nitrogens with zero attached hydrogens (tertiary/aromatic N) is 2. The maximum atomic E-state index is 5.91. The first kappa shape index (κ1) is 12.8. The van der Waals surface area contributed by atoms with Crippen molar-refractivity contribution in [2.45, 2.75) is 19.0 Å². The first-order valence-electron chi connectivity index (χ1n) is 6.69. The molecule has 2 heterocycles. The molecule has 2 aromatic rings. The Kier molecular flexibility index (Phi) is 3.62. The normalized spacial score (nSPS) is 18.9. The summed E-state index contributed by atoms with van der Waals surface area (Å²) in [5.41, 5.74) is 8.09. The Bertz CT molecular complexity index is 579. The number of anilines is 1. The fourth-order valence-corrected chi connectivity index (χ4v) is 3.87. The van der Waals surface area contributed by atoms with Gasteiger partial charge in [0.2, 0.25) is 0 Å². The molecule has 1 unspecified atom stereocenters. The summed E-state index contributed by atoms with van der Waals surface area (Å²) < 4.78 is 0. The van der Waals surface area contributed by atoms with Gasteiger partial charge in [-0.3, -0.25) is 0 Å². The number of hydrogen-bond acceptors (Lipinski definition) is 4. The number of benzene rings is 1. The summed E-state index contributed by atoms with van der Waals surface area (Å²) in [4.78, 5) is 7.14. The van der Waals surface area contributed by atoms with Crippen molar-refractivity contribution in [2.24, 2.45) is 5.73 Å². The zero-order chi connectivity index (χ0) is 13.2. The lowest BCUT2D eigenvalue weighted by Gasteiger charge is -2.27. The van der Waals surface area contributed by atoms with Gasteiger partial charge in [0.05, 0.1) is 5.52 Å². The van der Waals surface area contributed by atoms with Gasteiger partial charge in [0, 0.05) is 36.3 Å². The third kappa shape index (κ3) is 2.42. The molecule has 0 saturated carbocycles. The lowest BCUT2D eigenvalue weighted by Crippen LogP contribution is -2.33. The van der Waals surface area contributed by atoms with Gasteiger partial charge in [-0.25, -0.2) is 4.98 Å². The molecule has 1 aliphatic heterocycles. The Hall–Kier alpha value is -1.26. The van der Waals surface area contributed by atoms with E-state index in [4.69, 9.17) is 10.7 Å². The third-order valence-corrected chi connectivity index (χ3v) is 4.93. The second-order valence-electron chi connectivity index (χ2n) is 5.00. The van der Waals surface area contributed by atoms with E-state index in [-0.39, 0.29) is 0 Å². The van der Waals surface area contributed by atoms with Crippen LogP contribution in [-0.4, -0.2) is 29.6 Å². The first-order chi connectivity index (χ1) is 9.29. The first-order valence-corrected chi connectivity index (χ1v) is 7.84. The minimum absolute atomic E-state index is 0.539. The number of fused-ring (bicyclic) bond motifs is 1. The van der Waals surface area contributed by atoms with Crippen molar-refractivity contribution in [1.29, 1.82) is 0 Å². The van der Waals surface area contributed by atoms with Gasteiger partial charge in [0.25, 0.3) is 0 Å². The third-order valence-electron chi connectivity index (χ3n) is 3.79. The van der Waals surface area contributed by atoms with Crippen LogP contribution in [0.1, 0.15) is 12.0 Å². The molecule has 1 aliphatic rings. The maximum absolute atomic E-state index is 5.91. The van der Waals surface area contributed by atoms with Crippen molar-refractivity contribution < 1.29 is 0 Å². The molecule has 1 fully saturated rings. The van der Waals surface area contributed by atoms with Gasteiger partial charge < -0.3 is 10.6 Å². The van der Waals surface area contributed by atoms with Gasteiger partial charge >= 0.3 is 0 Å². The maximum Gasteiger partial charge on any atom is 0.133 e. The topological polar surface area (TPSA) is 42.2 Å². The highest BCUT2D eigenvalue weighted by Crippen LogP contribution is 2.28. The molecule has 0 spiro atoms. The van der Waals surface area contributed by atoms with E-state index >= 15 is 0 Å². The number of thioether (sulfide) groups is 1. The van der Waals surface area contributed by atoms with Crippen molar-refractivity contribution in [3.05, 3.63) is 35.9 Å². The fourth-order valence-electron chi connectivity index (χ4n) is 2.61. The SMILES string of the molecule is CN(c1nc2ccccc2cc1CN)C1CCSC1. The van der Waals surface area contributed by atoms with Crippen molar-refractivity contribution in [2.75, 3.05) is 23.5 Å². The van der Waals surface area contributed by atoms with Crippen molar-refractivity contribution in [1.82, 2.24) is 4.98 Å². The molecule has 0 bridgehead atoms. The lowest BCUT2D eigenvalue weighted by molar-refractivity contribution is 0.689. The van der Waals surface area contributed by atoms with E-state index in [1.54, 1.807) is 0 Å². The van der Waals surface area contributed by atoms with Crippen LogP contribution in [0.15, 0.2) is 30.3 Å². The molecule has 0 amide bonds. The fraction of sp³-hybridized carbons (Fsp3) is 0.400. The van der Waals surface area contributed by atoms with Gasteiger partial charge in [-0.1, -0.05) is 18.2 Å². The molecular weight excluding hydrogens is 254 g/mol. The summed E-state index contributed by atoms with van der Waals surface area (Å²) in [5.74, 6) is 3.49. The van der Waals surface area contributed by atoms with Gasteiger partial charge in [-0.2, -0.15) is 11.8 Å². The largest absolute Gasteiger partial charge is 0.356 e. The molecule has 4 heteroatoms. The van der Waals surface area contributed by atoms with E-state index in [1.807, 2.05) is 23.9 Å². The highest BCUT2D eigenvalue weighted by atomic mass is 32.2. The molecule has 0 aliphatic carbocycles. The molecule has 3 rings (SSSR count). The average Bonchev–Trinajstić information content (AvgIpc) is 2.99. The zero-order valence-corrected chi connectivity index (χ0v) is 12.0. The molecule has 1 aromatic carbocycles. The Morgan fingerprint density at radius 2 is 2.26 bits per heavy atom. The van der Waals surface area contributed by atoms with Gasteiger partial charge in [0.15, 0.2) is 0 Å². The molecule has 19 heavy (non-hydrogen) atoms. The highest BCUT2D eigenvalue weighted by Gasteiger charge is 2.22. The van der Waals surface area contributed by atoms with E-state index in [2.05, 4.69) is 30.1 Å². The summed E-state index contributed by atoms with van der Waals surface area (Å²) in [7, 11) is 2.15. The number of hydrogen-bond donors (Lipinski definition) is 1. The van der Waals surface area contributed by atoms with Crippen LogP contribution in [0.3, 0.4) is 0 Å². The summed E-state index contributed by atoms with van der Waals surface area (Å²) in [5, 5.41) is 1.17. The summed E-state index contributed by atoms with van der Waals surface area (Å²) in [6.45, 7) is 0.539. The summed E-state index contributed by atoms with van der Waals surface area (Å²) >= 11 is 2.02. The van der Waals surface area contributed by atoms with E-state index in [9.17, 15) is 0 Å². The van der Waals surface area contributed by atoms with Gasteiger partial charge in [-0.15, -0.1) is 0 Å². The van der Waals surface area contributed by atoms with Crippen LogP contribution < -0.4 is 10.6 Å². The van der Waals surface area contributed by atoms with Crippen LogP contribution >= 0.6 is 11.8 Å². The second kappa shape index (κ2) is 5.39. The number of nitrogens with two attached hydrogens (primary N) is 1. The smallest absolute Gasteiger partial charge is 0.133 e. The van der Waals surface area contributed by atoms with Crippen LogP contribution in [0.2, 0.25) is 0 Å². The Morgan fingerprint density at radius 3 is 3.00 bits per heavy atom. The van der Waals surface area contributed by atoms with Gasteiger partial charge in [0.1, 0.15) is 5.82 Å². The van der Waals surface area contributed by atoms with Gasteiger partial charge in [-0.05, 0) is 24.3 Å².